The first kappa shape index (κ1) is 15.9. The quantitative estimate of drug-likeness (QED) is 0.670. The Kier molecular flexibility index (Phi) is 7.98. The van der Waals surface area contributed by atoms with E-state index in [1.165, 1.54) is 0 Å². The molecule has 0 aliphatic carbocycles. The number of hydrogen-bond donors (Lipinski definition) is 2. The van der Waals surface area contributed by atoms with Crippen LogP contribution in [0.5, 0.6) is 0 Å². The van der Waals surface area contributed by atoms with Gasteiger partial charge in [-0.2, -0.15) is 0 Å². The van der Waals surface area contributed by atoms with Crippen LogP contribution in [0.1, 0.15) is 40.5 Å². The molecule has 2 atom stereocenters. The molecule has 0 aromatic carbocycles. The number of nitrogens with one attached hydrogen (secondary N) is 1. The molecule has 0 bridgehead atoms. The van der Waals surface area contributed by atoms with Crippen LogP contribution in [0.4, 0.5) is 0 Å². The highest BCUT2D eigenvalue weighted by Gasteiger charge is 2.20. The summed E-state index contributed by atoms with van der Waals surface area (Å²) in [6.07, 6.45) is 2.16. The van der Waals surface area contributed by atoms with Gasteiger partial charge in [-0.05, 0) is 37.3 Å². The van der Waals surface area contributed by atoms with Crippen molar-refractivity contribution in [3.05, 3.63) is 0 Å². The maximum absolute atomic E-state index is 5.53. The Labute approximate surface area is 101 Å². The molecule has 0 heterocycles. The van der Waals surface area contributed by atoms with Crippen LogP contribution in [0.25, 0.3) is 0 Å². The smallest absolute Gasteiger partial charge is 0.0615 e. The summed E-state index contributed by atoms with van der Waals surface area (Å²) in [5, 5.41) is 3.58. The van der Waals surface area contributed by atoms with Crippen LogP contribution in [0.2, 0.25) is 0 Å². The maximum Gasteiger partial charge on any atom is 0.0615 e. The van der Waals surface area contributed by atoms with Crippen molar-refractivity contribution in [1.82, 2.24) is 5.32 Å². The van der Waals surface area contributed by atoms with Crippen LogP contribution < -0.4 is 11.1 Å². The number of nitrogens with two attached hydrogens (primary N) is 1. The van der Waals surface area contributed by atoms with Crippen molar-refractivity contribution in [1.29, 1.82) is 0 Å². The van der Waals surface area contributed by atoms with E-state index in [-0.39, 0.29) is 0 Å². The summed E-state index contributed by atoms with van der Waals surface area (Å²) in [7, 11) is 1.75. The lowest BCUT2D eigenvalue weighted by Crippen LogP contribution is -2.39. The van der Waals surface area contributed by atoms with Crippen molar-refractivity contribution in [2.24, 2.45) is 17.1 Å². The fourth-order valence-electron chi connectivity index (χ4n) is 1.46. The van der Waals surface area contributed by atoms with Crippen molar-refractivity contribution >= 4 is 0 Å². The molecule has 3 N–H and O–H groups in total. The van der Waals surface area contributed by atoms with Crippen molar-refractivity contribution < 1.29 is 4.74 Å². The van der Waals surface area contributed by atoms with Gasteiger partial charge in [-0.25, -0.2) is 0 Å². The van der Waals surface area contributed by atoms with Gasteiger partial charge >= 0.3 is 0 Å². The molecule has 0 saturated heterocycles. The van der Waals surface area contributed by atoms with Crippen molar-refractivity contribution in [3.63, 3.8) is 0 Å². The van der Waals surface area contributed by atoms with Crippen LogP contribution in [0.15, 0.2) is 0 Å². The lowest BCUT2D eigenvalue weighted by Gasteiger charge is -2.29. The largest absolute Gasteiger partial charge is 0.383 e. The number of ether oxygens (including phenoxy) is 1. The molecule has 0 saturated carbocycles. The van der Waals surface area contributed by atoms with Gasteiger partial charge in [-0.1, -0.05) is 27.7 Å². The molecule has 3 heteroatoms. The molecular formula is C13H30N2O. The second-order valence-electron chi connectivity index (χ2n) is 5.76. The van der Waals surface area contributed by atoms with Crippen molar-refractivity contribution in [3.8, 4) is 0 Å². The van der Waals surface area contributed by atoms with Gasteiger partial charge < -0.3 is 15.8 Å². The van der Waals surface area contributed by atoms with Gasteiger partial charge in [0.2, 0.25) is 0 Å². The van der Waals surface area contributed by atoms with E-state index in [1.54, 1.807) is 7.11 Å². The zero-order valence-corrected chi connectivity index (χ0v) is 11.7. The van der Waals surface area contributed by atoms with Gasteiger partial charge in [0, 0.05) is 13.2 Å². The molecule has 2 unspecified atom stereocenters. The van der Waals surface area contributed by atoms with Crippen LogP contribution in [-0.4, -0.2) is 32.8 Å². The highest BCUT2D eigenvalue weighted by Crippen LogP contribution is 2.24. The molecule has 0 rings (SSSR count). The van der Waals surface area contributed by atoms with Crippen LogP contribution in [-0.2, 0) is 4.74 Å². The zero-order chi connectivity index (χ0) is 12.6. The third-order valence-corrected chi connectivity index (χ3v) is 3.32. The summed E-state index contributed by atoms with van der Waals surface area (Å²) in [5.41, 5.74) is 5.89. The fourth-order valence-corrected chi connectivity index (χ4v) is 1.46. The standard InChI is InChI=1S/C13H30N2O/c1-11(13(2,3)4)9-15-12(10-16-5)7-6-8-14/h11-12,15H,6-10,14H2,1-5H3. The van der Waals surface area contributed by atoms with E-state index in [9.17, 15) is 0 Å². The molecule has 98 valence electrons. The zero-order valence-electron chi connectivity index (χ0n) is 11.7. The van der Waals surface area contributed by atoms with Crippen LogP contribution in [0.3, 0.4) is 0 Å². The minimum Gasteiger partial charge on any atom is -0.383 e. The van der Waals surface area contributed by atoms with E-state index in [4.69, 9.17) is 10.5 Å². The molecule has 0 aliphatic rings. The summed E-state index contributed by atoms with van der Waals surface area (Å²) in [6.45, 7) is 11.7. The Morgan fingerprint density at radius 1 is 1.31 bits per heavy atom. The summed E-state index contributed by atoms with van der Waals surface area (Å²) < 4.78 is 5.22. The Balaban J connectivity index is 3.91. The lowest BCUT2D eigenvalue weighted by atomic mass is 9.82. The summed E-state index contributed by atoms with van der Waals surface area (Å²) in [5.74, 6) is 0.657. The van der Waals surface area contributed by atoms with E-state index in [0.29, 0.717) is 17.4 Å². The second kappa shape index (κ2) is 8.04. The van der Waals surface area contributed by atoms with E-state index in [2.05, 4.69) is 33.0 Å². The summed E-state index contributed by atoms with van der Waals surface area (Å²) >= 11 is 0. The van der Waals surface area contributed by atoms with E-state index >= 15 is 0 Å². The first-order valence-electron chi connectivity index (χ1n) is 6.34. The SMILES string of the molecule is COCC(CCCN)NCC(C)C(C)(C)C. The molecule has 3 nitrogen and oxygen atoms in total. The van der Waals surface area contributed by atoms with Gasteiger partial charge in [-0.3, -0.25) is 0 Å². The first-order valence-corrected chi connectivity index (χ1v) is 6.34. The van der Waals surface area contributed by atoms with Crippen molar-refractivity contribution in [2.45, 2.75) is 46.6 Å². The molecule has 0 aromatic rings. The number of hydrogen-bond acceptors (Lipinski definition) is 3. The Morgan fingerprint density at radius 2 is 1.94 bits per heavy atom. The maximum atomic E-state index is 5.53. The van der Waals surface area contributed by atoms with Crippen molar-refractivity contribution in [2.75, 3.05) is 26.8 Å². The molecular weight excluding hydrogens is 200 g/mol. The Hall–Kier alpha value is -0.120. The van der Waals surface area contributed by atoms with Crippen LogP contribution in [0, 0.1) is 11.3 Å². The minimum atomic E-state index is 0.360. The average molecular weight is 230 g/mol. The van der Waals surface area contributed by atoms with Gasteiger partial charge in [0.25, 0.3) is 0 Å². The third kappa shape index (κ3) is 7.20. The molecule has 0 fully saturated rings. The van der Waals surface area contributed by atoms with E-state index < -0.39 is 0 Å². The number of methoxy groups -OCH3 is 1. The minimum absolute atomic E-state index is 0.360. The van der Waals surface area contributed by atoms with Gasteiger partial charge in [-0.15, -0.1) is 0 Å². The highest BCUT2D eigenvalue weighted by atomic mass is 16.5. The molecule has 16 heavy (non-hydrogen) atoms. The first-order chi connectivity index (χ1) is 7.41. The molecule has 0 spiro atoms. The van der Waals surface area contributed by atoms with Gasteiger partial charge in [0.05, 0.1) is 6.61 Å². The monoisotopic (exact) mass is 230 g/mol. The second-order valence-corrected chi connectivity index (χ2v) is 5.76. The highest BCUT2D eigenvalue weighted by molar-refractivity contribution is 4.75. The third-order valence-electron chi connectivity index (χ3n) is 3.32. The number of rotatable bonds is 8. The summed E-state index contributed by atoms with van der Waals surface area (Å²) in [6, 6.07) is 0.443. The van der Waals surface area contributed by atoms with Crippen LogP contribution >= 0.6 is 0 Å². The Bertz CT molecular complexity index is 166. The van der Waals surface area contributed by atoms with Gasteiger partial charge in [0.15, 0.2) is 0 Å². The fraction of sp³-hybridized carbons (Fsp3) is 1.00. The predicted octanol–water partition coefficient (Wildman–Crippen LogP) is 2.01. The Morgan fingerprint density at radius 3 is 2.38 bits per heavy atom. The predicted molar refractivity (Wildman–Crippen MR) is 70.6 cm³/mol. The lowest BCUT2D eigenvalue weighted by molar-refractivity contribution is 0.152. The molecule has 0 amide bonds. The molecule has 0 aliphatic heterocycles. The van der Waals surface area contributed by atoms with Gasteiger partial charge in [0.1, 0.15) is 0 Å². The topological polar surface area (TPSA) is 47.3 Å². The van der Waals surface area contributed by atoms with E-state index in [0.717, 1.165) is 32.5 Å². The van der Waals surface area contributed by atoms with E-state index in [1.807, 2.05) is 0 Å². The normalized spacial score (nSPS) is 16.1. The summed E-state index contributed by atoms with van der Waals surface area (Å²) in [4.78, 5) is 0. The molecule has 0 radical (unpaired) electrons. The average Bonchev–Trinajstić information content (AvgIpc) is 2.20. The molecule has 0 aromatic heterocycles.